The zero-order chi connectivity index (χ0) is 26.1. The number of nitrogens with zero attached hydrogens (tertiary/aromatic N) is 5. The molecule has 1 saturated carbocycles. The number of rotatable bonds is 6. The van der Waals surface area contributed by atoms with Crippen molar-refractivity contribution >= 4 is 63.8 Å². The Morgan fingerprint density at radius 2 is 1.81 bits per heavy atom. The van der Waals surface area contributed by atoms with Crippen LogP contribution in [0.3, 0.4) is 0 Å². The molecule has 3 aromatic rings. The van der Waals surface area contributed by atoms with Crippen molar-refractivity contribution in [1.82, 2.24) is 24.4 Å². The summed E-state index contributed by atoms with van der Waals surface area (Å²) < 4.78 is 2.06. The summed E-state index contributed by atoms with van der Waals surface area (Å²) >= 11 is 12.9. The quantitative estimate of drug-likeness (QED) is 0.415. The van der Waals surface area contributed by atoms with Crippen molar-refractivity contribution in [3.05, 3.63) is 34.4 Å². The molecule has 1 aliphatic heterocycles. The number of hydrogen-bond donors (Lipinski definition) is 3. The summed E-state index contributed by atoms with van der Waals surface area (Å²) in [5, 5.41) is 7.67. The van der Waals surface area contributed by atoms with Gasteiger partial charge in [-0.3, -0.25) is 14.2 Å². The van der Waals surface area contributed by atoms with Gasteiger partial charge >= 0.3 is 0 Å². The van der Waals surface area contributed by atoms with Crippen LogP contribution in [-0.4, -0.2) is 55.4 Å². The Morgan fingerprint density at radius 3 is 2.49 bits per heavy atom. The van der Waals surface area contributed by atoms with Gasteiger partial charge in [0.1, 0.15) is 5.52 Å². The summed E-state index contributed by atoms with van der Waals surface area (Å²) in [5.74, 6) is 0.733. The molecule has 5 rings (SSSR count). The molecule has 2 aromatic heterocycles. The monoisotopic (exact) mass is 544 g/mol. The lowest BCUT2D eigenvalue weighted by molar-refractivity contribution is -0.129. The highest BCUT2D eigenvalue weighted by atomic mass is 35.5. The first-order valence-electron chi connectivity index (χ1n) is 12.6. The van der Waals surface area contributed by atoms with Gasteiger partial charge in [0.25, 0.3) is 0 Å². The molecule has 1 aromatic carbocycles. The first kappa shape index (κ1) is 25.5. The van der Waals surface area contributed by atoms with Gasteiger partial charge in [-0.05, 0) is 50.7 Å². The number of likely N-dealkylation sites (tertiary alicyclic amines) is 1. The Labute approximate surface area is 224 Å². The molecule has 2 fully saturated rings. The van der Waals surface area contributed by atoms with E-state index in [9.17, 15) is 9.59 Å². The molecule has 196 valence electrons. The third-order valence-electron chi connectivity index (χ3n) is 7.30. The molecule has 3 heterocycles. The number of amides is 2. The van der Waals surface area contributed by atoms with Crippen LogP contribution in [0.1, 0.15) is 51.5 Å². The molecule has 0 spiro atoms. The molecule has 4 N–H and O–H groups in total. The maximum Gasteiger partial charge on any atom is 0.225 e. The minimum atomic E-state index is -0.254. The second-order valence-electron chi connectivity index (χ2n) is 9.79. The number of nitrogens with two attached hydrogens (primary N) is 1. The number of halogens is 2. The number of para-hydroxylation sites is 1. The fraction of sp³-hybridized carbons (Fsp3) is 0.480. The van der Waals surface area contributed by atoms with Crippen LogP contribution in [0.15, 0.2) is 24.4 Å². The summed E-state index contributed by atoms with van der Waals surface area (Å²) in [6, 6.07) is 5.42. The Kier molecular flexibility index (Phi) is 7.39. The van der Waals surface area contributed by atoms with Crippen LogP contribution < -0.4 is 16.4 Å². The van der Waals surface area contributed by atoms with Crippen LogP contribution in [0.4, 0.5) is 17.6 Å². The summed E-state index contributed by atoms with van der Waals surface area (Å²) in [6.07, 6.45) is 6.46. The summed E-state index contributed by atoms with van der Waals surface area (Å²) in [6.45, 7) is 2.98. The van der Waals surface area contributed by atoms with Gasteiger partial charge in [0.15, 0.2) is 5.65 Å². The summed E-state index contributed by atoms with van der Waals surface area (Å²) in [7, 11) is 0. The lowest BCUT2D eigenvalue weighted by atomic mass is 9.85. The molecule has 1 atom stereocenters. The number of carbonyl (C=O) groups is 2. The van der Waals surface area contributed by atoms with Gasteiger partial charge < -0.3 is 21.3 Å². The fourth-order valence-electron chi connectivity index (χ4n) is 5.31. The van der Waals surface area contributed by atoms with Gasteiger partial charge in [-0.25, -0.2) is 9.97 Å². The van der Waals surface area contributed by atoms with Crippen LogP contribution in [0.2, 0.25) is 10.0 Å². The highest BCUT2D eigenvalue weighted by Crippen LogP contribution is 2.39. The SMILES string of the molecule is CC(=O)N1CCC[C@@H](Nc2ncc3nc(Nc4c(Cl)cccc4Cl)n([C@H]4CC[C@@H](C(N)=O)CC4)c3n2)C1. The third kappa shape index (κ3) is 5.45. The predicted octanol–water partition coefficient (Wildman–Crippen LogP) is 4.52. The van der Waals surface area contributed by atoms with Crippen molar-refractivity contribution in [1.29, 1.82) is 0 Å². The van der Waals surface area contributed by atoms with Crippen LogP contribution in [0.25, 0.3) is 11.2 Å². The average molecular weight is 545 g/mol. The van der Waals surface area contributed by atoms with Gasteiger partial charge in [-0.15, -0.1) is 0 Å². The van der Waals surface area contributed by atoms with Crippen molar-refractivity contribution < 1.29 is 9.59 Å². The Hall–Kier alpha value is -3.11. The minimum Gasteiger partial charge on any atom is -0.369 e. The second-order valence-corrected chi connectivity index (χ2v) is 10.6. The van der Waals surface area contributed by atoms with E-state index in [-0.39, 0.29) is 29.8 Å². The van der Waals surface area contributed by atoms with E-state index < -0.39 is 0 Å². The number of aromatic nitrogens is 4. The first-order chi connectivity index (χ1) is 17.8. The number of benzene rings is 1. The fourth-order valence-corrected chi connectivity index (χ4v) is 5.80. The van der Waals surface area contributed by atoms with Crippen molar-refractivity contribution in [3.8, 4) is 0 Å². The molecule has 37 heavy (non-hydrogen) atoms. The average Bonchev–Trinajstić information content (AvgIpc) is 3.23. The molecule has 1 aliphatic carbocycles. The molecule has 0 radical (unpaired) electrons. The van der Waals surface area contributed by atoms with Crippen molar-refractivity contribution in [3.63, 3.8) is 0 Å². The van der Waals surface area contributed by atoms with Crippen LogP contribution in [0, 0.1) is 5.92 Å². The lowest BCUT2D eigenvalue weighted by Gasteiger charge is -2.32. The molecule has 2 amide bonds. The van der Waals surface area contributed by atoms with E-state index in [4.69, 9.17) is 38.9 Å². The normalized spacial score (nSPS) is 22.1. The third-order valence-corrected chi connectivity index (χ3v) is 7.93. The van der Waals surface area contributed by atoms with Crippen LogP contribution in [0.5, 0.6) is 0 Å². The van der Waals surface area contributed by atoms with E-state index in [2.05, 4.69) is 20.2 Å². The molecular weight excluding hydrogens is 515 g/mol. The zero-order valence-electron chi connectivity index (χ0n) is 20.6. The number of fused-ring (bicyclic) bond motifs is 1. The molecule has 10 nitrogen and oxygen atoms in total. The topological polar surface area (TPSA) is 131 Å². The van der Waals surface area contributed by atoms with Crippen LogP contribution in [-0.2, 0) is 9.59 Å². The van der Waals surface area contributed by atoms with E-state index in [0.29, 0.717) is 58.2 Å². The van der Waals surface area contributed by atoms with E-state index in [1.54, 1.807) is 31.3 Å². The van der Waals surface area contributed by atoms with Gasteiger partial charge in [0, 0.05) is 38.0 Å². The highest BCUT2D eigenvalue weighted by Gasteiger charge is 2.30. The smallest absolute Gasteiger partial charge is 0.225 e. The van der Waals surface area contributed by atoms with Gasteiger partial charge in [-0.2, -0.15) is 4.98 Å². The number of nitrogens with one attached hydrogen (secondary N) is 2. The summed E-state index contributed by atoms with van der Waals surface area (Å²) in [5.41, 5.74) is 7.43. The standard InChI is InChI=1S/C25H30Cl2N8O2/c1-14(36)34-11-3-4-16(13-34)30-24-29-12-20-23(33-24)35(17-9-7-15(8-10-17)22(28)37)25(31-20)32-21-18(26)5-2-6-19(21)27/h2,5-6,12,15-17H,3-4,7-11,13H2,1H3,(H2,28,37)(H,31,32)(H,29,30,33)/t15-,16-,17+/m1/s1. The number of imidazole rings is 1. The lowest BCUT2D eigenvalue weighted by Crippen LogP contribution is -2.44. The molecule has 12 heteroatoms. The molecule has 0 bridgehead atoms. The van der Waals surface area contributed by atoms with Gasteiger partial charge in [0.2, 0.25) is 23.7 Å². The second kappa shape index (κ2) is 10.7. The maximum atomic E-state index is 11.9. The van der Waals surface area contributed by atoms with Crippen molar-refractivity contribution in [2.75, 3.05) is 23.7 Å². The molecular formula is C25H30Cl2N8O2. The number of hydrogen-bond acceptors (Lipinski definition) is 7. The Bertz CT molecular complexity index is 1300. The number of primary amides is 1. The largest absolute Gasteiger partial charge is 0.369 e. The van der Waals surface area contributed by atoms with E-state index >= 15 is 0 Å². The van der Waals surface area contributed by atoms with E-state index in [1.165, 1.54) is 0 Å². The number of carbonyl (C=O) groups excluding carboxylic acids is 2. The first-order valence-corrected chi connectivity index (χ1v) is 13.3. The Balaban J connectivity index is 1.49. The number of anilines is 3. The predicted molar refractivity (Wildman–Crippen MR) is 144 cm³/mol. The maximum absolute atomic E-state index is 11.9. The zero-order valence-corrected chi connectivity index (χ0v) is 22.1. The van der Waals surface area contributed by atoms with Crippen LogP contribution >= 0.6 is 23.2 Å². The number of piperidine rings is 1. The summed E-state index contributed by atoms with van der Waals surface area (Å²) in [4.78, 5) is 39.6. The molecule has 1 saturated heterocycles. The van der Waals surface area contributed by atoms with Gasteiger partial charge in [0.05, 0.1) is 21.9 Å². The van der Waals surface area contributed by atoms with Gasteiger partial charge in [-0.1, -0.05) is 29.3 Å². The molecule has 2 aliphatic rings. The van der Waals surface area contributed by atoms with E-state index in [1.807, 2.05) is 4.90 Å². The van der Waals surface area contributed by atoms with Crippen molar-refractivity contribution in [2.45, 2.75) is 57.5 Å². The van der Waals surface area contributed by atoms with Crippen molar-refractivity contribution in [2.24, 2.45) is 11.7 Å². The Morgan fingerprint density at radius 1 is 1.08 bits per heavy atom. The highest BCUT2D eigenvalue weighted by molar-refractivity contribution is 6.39. The minimum absolute atomic E-state index is 0.0509. The van der Waals surface area contributed by atoms with E-state index in [0.717, 1.165) is 32.2 Å². The molecule has 0 unspecified atom stereocenters.